The second-order valence-electron chi connectivity index (χ2n) is 15.7. The van der Waals surface area contributed by atoms with Crippen molar-refractivity contribution in [2.75, 3.05) is 54.1 Å². The first kappa shape index (κ1) is 51.7. The van der Waals surface area contributed by atoms with E-state index in [1.54, 1.807) is 0 Å². The lowest BCUT2D eigenvalue weighted by Gasteiger charge is -2.24. The molecule has 2 unspecified atom stereocenters. The summed E-state index contributed by atoms with van der Waals surface area (Å²) in [5.74, 6) is -0.333. The first-order valence-corrected chi connectivity index (χ1v) is 23.2. The number of ether oxygens (including phenoxy) is 2. The number of carbonyl (C=O) groups is 1. The molecule has 0 aliphatic carbocycles. The summed E-state index contributed by atoms with van der Waals surface area (Å²) in [4.78, 5) is 22.9. The molecule has 0 aromatic rings. The van der Waals surface area contributed by atoms with Crippen molar-refractivity contribution in [1.82, 2.24) is 0 Å². The van der Waals surface area contributed by atoms with Gasteiger partial charge in [0.15, 0.2) is 0 Å². The summed E-state index contributed by atoms with van der Waals surface area (Å²) >= 11 is 0. The van der Waals surface area contributed by atoms with Crippen LogP contribution in [0.5, 0.6) is 0 Å². The summed E-state index contributed by atoms with van der Waals surface area (Å²) in [5.41, 5.74) is 0. The lowest BCUT2D eigenvalue weighted by Crippen LogP contribution is -2.37. The van der Waals surface area contributed by atoms with E-state index in [2.05, 4.69) is 50.3 Å². The van der Waals surface area contributed by atoms with Crippen LogP contribution in [0, 0.1) is 0 Å². The summed E-state index contributed by atoms with van der Waals surface area (Å²) in [6.45, 7) is 5.58. The van der Waals surface area contributed by atoms with Gasteiger partial charge >= 0.3 is 13.8 Å². The van der Waals surface area contributed by atoms with Crippen molar-refractivity contribution in [3.63, 3.8) is 0 Å². The molecule has 9 heteroatoms. The summed E-state index contributed by atoms with van der Waals surface area (Å²) in [5, 5.41) is 0. The van der Waals surface area contributed by atoms with Gasteiger partial charge < -0.3 is 18.9 Å². The number of phosphoric ester groups is 1. The lowest BCUT2D eigenvalue weighted by atomic mass is 10.0. The molecule has 53 heavy (non-hydrogen) atoms. The van der Waals surface area contributed by atoms with Gasteiger partial charge in [-0.1, -0.05) is 159 Å². The molecule has 0 fully saturated rings. The molecule has 0 aliphatic heterocycles. The van der Waals surface area contributed by atoms with Gasteiger partial charge in [-0.25, -0.2) is 4.57 Å². The van der Waals surface area contributed by atoms with E-state index in [1.165, 1.54) is 103 Å². The monoisotopic (exact) mass is 771 g/mol. The average molecular weight is 771 g/mol. The predicted octanol–water partition coefficient (Wildman–Crippen LogP) is 12.6. The maximum absolute atomic E-state index is 12.7. The van der Waals surface area contributed by atoms with Gasteiger partial charge in [-0.2, -0.15) is 0 Å². The molecule has 0 bridgehead atoms. The number of hydrogen-bond acceptors (Lipinski definition) is 6. The number of hydrogen-bond donors (Lipinski definition) is 1. The minimum Gasteiger partial charge on any atom is -0.457 e. The van der Waals surface area contributed by atoms with Crippen LogP contribution in [0.2, 0.25) is 0 Å². The van der Waals surface area contributed by atoms with Gasteiger partial charge in [0, 0.05) is 13.0 Å². The summed E-state index contributed by atoms with van der Waals surface area (Å²) in [6, 6.07) is 0. The van der Waals surface area contributed by atoms with E-state index >= 15 is 0 Å². The largest absolute Gasteiger partial charge is 0.472 e. The molecule has 0 spiro atoms. The van der Waals surface area contributed by atoms with E-state index in [0.717, 1.165) is 57.8 Å². The molecule has 0 rings (SSSR count). The van der Waals surface area contributed by atoms with Crippen molar-refractivity contribution in [3.05, 3.63) is 36.5 Å². The van der Waals surface area contributed by atoms with Crippen molar-refractivity contribution in [2.45, 2.75) is 187 Å². The van der Waals surface area contributed by atoms with Gasteiger partial charge in [0.1, 0.15) is 19.3 Å². The zero-order valence-corrected chi connectivity index (χ0v) is 36.1. The van der Waals surface area contributed by atoms with Crippen LogP contribution in [-0.2, 0) is 27.9 Å². The van der Waals surface area contributed by atoms with Gasteiger partial charge in [0.05, 0.1) is 34.4 Å². The molecule has 0 heterocycles. The standard InChI is InChI=1S/C44H84NO7P/c1-6-8-10-12-14-16-18-20-22-23-24-25-27-29-31-33-35-37-44(46)52-43(42-51-53(47,48)50-40-38-45(3,4)5)41-49-39-36-34-32-30-28-26-21-19-17-15-13-11-9-7-2/h14,16,20,22,24-25,43H,6-13,15,17-19,21,23,26-42H2,1-5H3/p+1/b16-14-,22-20-,25-24-. The van der Waals surface area contributed by atoms with E-state index in [4.69, 9.17) is 18.5 Å². The molecule has 0 saturated carbocycles. The number of rotatable bonds is 40. The van der Waals surface area contributed by atoms with Gasteiger partial charge in [-0.15, -0.1) is 0 Å². The fourth-order valence-corrected chi connectivity index (χ4v) is 6.54. The Labute approximate surface area is 327 Å². The zero-order chi connectivity index (χ0) is 39.1. The SMILES string of the molecule is CCCCC/C=C\C/C=C\C/C=C\CCCCCCC(=O)OC(COCCCCCCCCCCCCCCCC)COP(=O)(O)OCC[N+](C)(C)C. The summed E-state index contributed by atoms with van der Waals surface area (Å²) in [7, 11) is 1.65. The van der Waals surface area contributed by atoms with Crippen LogP contribution in [0.1, 0.15) is 181 Å². The number of carbonyl (C=O) groups excluding carboxylic acids is 1. The minimum atomic E-state index is -4.28. The predicted molar refractivity (Wildman–Crippen MR) is 224 cm³/mol. The number of nitrogens with zero attached hydrogens (tertiary/aromatic N) is 1. The smallest absolute Gasteiger partial charge is 0.457 e. The highest BCUT2D eigenvalue weighted by Gasteiger charge is 2.26. The Morgan fingerprint density at radius 1 is 0.585 bits per heavy atom. The van der Waals surface area contributed by atoms with Crippen molar-refractivity contribution in [1.29, 1.82) is 0 Å². The average Bonchev–Trinajstić information content (AvgIpc) is 3.11. The molecule has 0 amide bonds. The van der Waals surface area contributed by atoms with Crippen molar-refractivity contribution in [2.24, 2.45) is 0 Å². The van der Waals surface area contributed by atoms with E-state index in [-0.39, 0.29) is 25.8 Å². The maximum atomic E-state index is 12.7. The zero-order valence-electron chi connectivity index (χ0n) is 35.3. The molecule has 0 aromatic heterocycles. The molecule has 312 valence electrons. The third-order valence-corrected chi connectivity index (χ3v) is 10.2. The van der Waals surface area contributed by atoms with Gasteiger partial charge in [0.2, 0.25) is 0 Å². The van der Waals surface area contributed by atoms with Gasteiger partial charge in [-0.05, 0) is 51.4 Å². The van der Waals surface area contributed by atoms with E-state index in [9.17, 15) is 14.3 Å². The quantitative estimate of drug-likeness (QED) is 0.0218. The Kier molecular flexibility index (Phi) is 36.7. The Bertz CT molecular complexity index is 947. The molecular formula is C44H85NO7P+. The Morgan fingerprint density at radius 2 is 1.04 bits per heavy atom. The molecular weight excluding hydrogens is 685 g/mol. The normalized spacial score (nSPS) is 14.2. The van der Waals surface area contributed by atoms with Crippen molar-refractivity contribution < 1.29 is 37.3 Å². The van der Waals surface area contributed by atoms with Crippen LogP contribution in [0.25, 0.3) is 0 Å². The van der Waals surface area contributed by atoms with Crippen LogP contribution in [0.4, 0.5) is 0 Å². The molecule has 0 aliphatic rings. The highest BCUT2D eigenvalue weighted by atomic mass is 31.2. The third kappa shape index (κ3) is 41.7. The molecule has 2 atom stereocenters. The molecule has 0 radical (unpaired) electrons. The number of quaternary nitrogens is 1. The minimum absolute atomic E-state index is 0.0846. The van der Waals surface area contributed by atoms with Crippen LogP contribution in [0.3, 0.4) is 0 Å². The second-order valence-corrected chi connectivity index (χ2v) is 17.2. The Hall–Kier alpha value is -1.28. The summed E-state index contributed by atoms with van der Waals surface area (Å²) < 4.78 is 35.0. The Balaban J connectivity index is 4.29. The van der Waals surface area contributed by atoms with E-state index < -0.39 is 13.9 Å². The number of unbranched alkanes of at least 4 members (excludes halogenated alkanes) is 20. The van der Waals surface area contributed by atoms with Gasteiger partial charge in [-0.3, -0.25) is 13.8 Å². The number of allylic oxidation sites excluding steroid dienone is 6. The number of likely N-dealkylation sites (N-methyl/N-ethyl adjacent to an activating group) is 1. The summed E-state index contributed by atoms with van der Waals surface area (Å²) in [6.07, 6.45) is 43.1. The van der Waals surface area contributed by atoms with Gasteiger partial charge in [0.25, 0.3) is 0 Å². The van der Waals surface area contributed by atoms with E-state index in [0.29, 0.717) is 24.1 Å². The fraction of sp³-hybridized carbons (Fsp3) is 0.841. The number of phosphoric acid groups is 1. The highest BCUT2D eigenvalue weighted by Crippen LogP contribution is 2.43. The number of esters is 1. The molecule has 8 nitrogen and oxygen atoms in total. The molecule has 0 saturated heterocycles. The van der Waals surface area contributed by atoms with Crippen LogP contribution in [-0.4, -0.2) is 75.6 Å². The van der Waals surface area contributed by atoms with Crippen LogP contribution < -0.4 is 0 Å². The highest BCUT2D eigenvalue weighted by molar-refractivity contribution is 7.47. The first-order chi connectivity index (χ1) is 25.6. The maximum Gasteiger partial charge on any atom is 0.472 e. The van der Waals surface area contributed by atoms with E-state index in [1.807, 2.05) is 21.1 Å². The Morgan fingerprint density at radius 3 is 1.58 bits per heavy atom. The van der Waals surface area contributed by atoms with Crippen LogP contribution in [0.15, 0.2) is 36.5 Å². The molecule has 0 aromatic carbocycles. The second kappa shape index (κ2) is 37.6. The van der Waals surface area contributed by atoms with Crippen molar-refractivity contribution >= 4 is 13.8 Å². The fourth-order valence-electron chi connectivity index (χ4n) is 5.79. The molecule has 1 N–H and O–H groups in total. The third-order valence-electron chi connectivity index (χ3n) is 9.20. The topological polar surface area (TPSA) is 91.3 Å². The van der Waals surface area contributed by atoms with Crippen LogP contribution >= 0.6 is 7.82 Å². The lowest BCUT2D eigenvalue weighted by molar-refractivity contribution is -0.870. The first-order valence-electron chi connectivity index (χ1n) is 21.7. The van der Waals surface area contributed by atoms with Crippen molar-refractivity contribution in [3.8, 4) is 0 Å².